The van der Waals surface area contributed by atoms with Crippen molar-refractivity contribution in [2.75, 3.05) is 5.32 Å². The average Bonchev–Trinajstić information content (AvgIpc) is 2.96. The lowest BCUT2D eigenvalue weighted by atomic mass is 10.1. The van der Waals surface area contributed by atoms with Crippen molar-refractivity contribution in [1.29, 1.82) is 0 Å². The molecule has 1 amide bonds. The Hall–Kier alpha value is -2.71. The monoisotopic (exact) mass is 330 g/mol. The Labute approximate surface area is 132 Å². The van der Waals surface area contributed by atoms with Gasteiger partial charge in [-0.25, -0.2) is 13.6 Å². The Morgan fingerprint density at radius 3 is 2.61 bits per heavy atom. The summed E-state index contributed by atoms with van der Waals surface area (Å²) in [6, 6.07) is 11.4. The molecule has 0 saturated carbocycles. The normalized spacial score (nSPS) is 11.5. The fourth-order valence-corrected chi connectivity index (χ4v) is 2.77. The lowest BCUT2D eigenvalue weighted by molar-refractivity contribution is -0.115. The van der Waals surface area contributed by atoms with E-state index in [0.29, 0.717) is 11.3 Å². The van der Waals surface area contributed by atoms with Gasteiger partial charge in [-0.15, -0.1) is 0 Å². The number of rotatable bonds is 4. The van der Waals surface area contributed by atoms with Crippen LogP contribution in [0.3, 0.4) is 0 Å². The number of nitrogens with one attached hydrogen (secondary N) is 2. The van der Waals surface area contributed by atoms with Crippen LogP contribution in [0.2, 0.25) is 0 Å². The third kappa shape index (κ3) is 3.38. The number of para-hydroxylation sites is 1. The number of sulfonamides is 1. The zero-order chi connectivity index (χ0) is 16.4. The molecule has 4 N–H and O–H groups in total. The number of amides is 1. The predicted molar refractivity (Wildman–Crippen MR) is 86.2 cm³/mol. The summed E-state index contributed by atoms with van der Waals surface area (Å²) in [7, 11) is -3.73. The van der Waals surface area contributed by atoms with Crippen molar-refractivity contribution in [2.24, 2.45) is 5.14 Å². The molecule has 2 aromatic carbocycles. The molecule has 0 aliphatic rings. The van der Waals surface area contributed by atoms with E-state index in [2.05, 4.69) is 15.5 Å². The summed E-state index contributed by atoms with van der Waals surface area (Å²) in [5.74, 6) is -0.213. The number of H-pyrrole nitrogens is 1. The largest absolute Gasteiger partial charge is 0.324 e. The van der Waals surface area contributed by atoms with Gasteiger partial charge in [0, 0.05) is 5.39 Å². The van der Waals surface area contributed by atoms with Crippen molar-refractivity contribution in [3.8, 4) is 0 Å². The molecule has 3 aromatic rings. The van der Waals surface area contributed by atoms with Gasteiger partial charge in [0.15, 0.2) is 0 Å². The van der Waals surface area contributed by atoms with Gasteiger partial charge in [-0.05, 0) is 23.8 Å². The van der Waals surface area contributed by atoms with Crippen LogP contribution in [0.4, 0.5) is 5.69 Å². The number of hydrogen-bond acceptors (Lipinski definition) is 4. The summed E-state index contributed by atoms with van der Waals surface area (Å²) in [5, 5.41) is 15.5. The van der Waals surface area contributed by atoms with E-state index in [0.717, 1.165) is 10.9 Å². The molecular formula is C15H14N4O3S. The van der Waals surface area contributed by atoms with Gasteiger partial charge in [-0.2, -0.15) is 5.10 Å². The first-order valence-electron chi connectivity index (χ1n) is 6.77. The molecule has 1 aromatic heterocycles. The van der Waals surface area contributed by atoms with Gasteiger partial charge in [0.25, 0.3) is 0 Å². The minimum Gasteiger partial charge on any atom is -0.324 e. The molecule has 3 rings (SSSR count). The van der Waals surface area contributed by atoms with Crippen molar-refractivity contribution < 1.29 is 13.2 Å². The summed E-state index contributed by atoms with van der Waals surface area (Å²) in [6.45, 7) is 0. The van der Waals surface area contributed by atoms with Gasteiger partial charge in [-0.1, -0.05) is 24.3 Å². The van der Waals surface area contributed by atoms with E-state index in [9.17, 15) is 13.2 Å². The number of fused-ring (bicyclic) bond motifs is 1. The van der Waals surface area contributed by atoms with Gasteiger partial charge in [0.1, 0.15) is 0 Å². The topological polar surface area (TPSA) is 118 Å². The summed E-state index contributed by atoms with van der Waals surface area (Å²) < 4.78 is 22.4. The number of aromatic amines is 1. The zero-order valence-corrected chi connectivity index (χ0v) is 12.8. The van der Waals surface area contributed by atoms with Crippen LogP contribution in [-0.4, -0.2) is 24.5 Å². The first-order chi connectivity index (χ1) is 10.9. The van der Waals surface area contributed by atoms with Crippen molar-refractivity contribution in [2.45, 2.75) is 11.3 Å². The highest BCUT2D eigenvalue weighted by Gasteiger charge is 2.10. The molecule has 8 heteroatoms. The molecule has 23 heavy (non-hydrogen) atoms. The van der Waals surface area contributed by atoms with Crippen molar-refractivity contribution in [1.82, 2.24) is 10.2 Å². The standard InChI is InChI=1S/C15H14N4O3S/c16-23(21,22)12-6-4-10(5-7-12)8-14(20)18-13-3-1-2-11-9-17-19-15(11)13/h1-7,9H,8H2,(H,17,19)(H,18,20)(H2,16,21,22). The Morgan fingerprint density at radius 2 is 1.91 bits per heavy atom. The fraction of sp³-hybridized carbons (Fsp3) is 0.0667. The van der Waals surface area contributed by atoms with Crippen LogP contribution in [0.1, 0.15) is 5.56 Å². The van der Waals surface area contributed by atoms with Crippen LogP contribution in [-0.2, 0) is 21.2 Å². The number of carbonyl (C=O) groups excluding carboxylic acids is 1. The van der Waals surface area contributed by atoms with Crippen molar-refractivity contribution >= 4 is 32.5 Å². The highest BCUT2D eigenvalue weighted by Crippen LogP contribution is 2.20. The number of primary sulfonamides is 1. The Balaban J connectivity index is 1.73. The first-order valence-corrected chi connectivity index (χ1v) is 8.32. The molecule has 0 unspecified atom stereocenters. The molecule has 7 nitrogen and oxygen atoms in total. The molecule has 0 spiro atoms. The zero-order valence-electron chi connectivity index (χ0n) is 12.0. The molecule has 0 radical (unpaired) electrons. The van der Waals surface area contributed by atoms with Gasteiger partial charge in [0.2, 0.25) is 15.9 Å². The molecule has 0 bridgehead atoms. The third-order valence-corrected chi connectivity index (χ3v) is 4.30. The number of carbonyl (C=O) groups is 1. The molecule has 0 aliphatic carbocycles. The Bertz CT molecular complexity index is 962. The molecule has 0 saturated heterocycles. The number of benzene rings is 2. The number of aromatic nitrogens is 2. The number of nitrogens with zero attached hydrogens (tertiary/aromatic N) is 1. The van der Waals surface area contributed by atoms with E-state index in [-0.39, 0.29) is 17.2 Å². The molecule has 0 aliphatic heterocycles. The van der Waals surface area contributed by atoms with Gasteiger partial charge >= 0.3 is 0 Å². The molecule has 118 valence electrons. The van der Waals surface area contributed by atoms with Gasteiger partial charge < -0.3 is 5.32 Å². The SMILES string of the molecule is NS(=O)(=O)c1ccc(CC(=O)Nc2cccc3cn[nH]c23)cc1. The van der Waals surface area contributed by atoms with Gasteiger partial charge in [-0.3, -0.25) is 9.89 Å². The Kier molecular flexibility index (Phi) is 3.85. The Morgan fingerprint density at radius 1 is 1.17 bits per heavy atom. The first kappa shape index (κ1) is 15.2. The lowest BCUT2D eigenvalue weighted by Crippen LogP contribution is -2.15. The average molecular weight is 330 g/mol. The van der Waals surface area contributed by atoms with Crippen LogP contribution in [0.25, 0.3) is 10.9 Å². The van der Waals surface area contributed by atoms with Crippen LogP contribution >= 0.6 is 0 Å². The lowest BCUT2D eigenvalue weighted by Gasteiger charge is -2.07. The molecular weight excluding hydrogens is 316 g/mol. The van der Waals surface area contributed by atoms with E-state index in [4.69, 9.17) is 5.14 Å². The highest BCUT2D eigenvalue weighted by atomic mass is 32.2. The number of nitrogens with two attached hydrogens (primary N) is 1. The summed E-state index contributed by atoms with van der Waals surface area (Å²) in [5.41, 5.74) is 2.09. The van der Waals surface area contributed by atoms with E-state index < -0.39 is 10.0 Å². The summed E-state index contributed by atoms with van der Waals surface area (Å²) in [4.78, 5) is 12.2. The van der Waals surface area contributed by atoms with Gasteiger partial charge in [0.05, 0.1) is 28.7 Å². The van der Waals surface area contributed by atoms with E-state index in [1.165, 1.54) is 12.1 Å². The van der Waals surface area contributed by atoms with Crippen LogP contribution < -0.4 is 10.5 Å². The summed E-state index contributed by atoms with van der Waals surface area (Å²) in [6.07, 6.45) is 1.80. The maximum atomic E-state index is 12.1. The second kappa shape index (κ2) is 5.82. The quantitative estimate of drug-likeness (QED) is 0.670. The van der Waals surface area contributed by atoms with Crippen LogP contribution in [0, 0.1) is 0 Å². The van der Waals surface area contributed by atoms with Crippen molar-refractivity contribution in [3.63, 3.8) is 0 Å². The number of hydrogen-bond donors (Lipinski definition) is 3. The second-order valence-electron chi connectivity index (χ2n) is 5.05. The maximum Gasteiger partial charge on any atom is 0.238 e. The maximum absolute atomic E-state index is 12.1. The van der Waals surface area contributed by atoms with Crippen LogP contribution in [0.5, 0.6) is 0 Å². The van der Waals surface area contributed by atoms with Crippen LogP contribution in [0.15, 0.2) is 53.6 Å². The third-order valence-electron chi connectivity index (χ3n) is 3.37. The molecule has 0 atom stereocenters. The minimum absolute atomic E-state index is 0.0175. The molecule has 1 heterocycles. The summed E-state index contributed by atoms with van der Waals surface area (Å²) >= 11 is 0. The second-order valence-corrected chi connectivity index (χ2v) is 6.62. The minimum atomic E-state index is -3.73. The highest BCUT2D eigenvalue weighted by molar-refractivity contribution is 7.89. The van der Waals surface area contributed by atoms with E-state index >= 15 is 0 Å². The predicted octanol–water partition coefficient (Wildman–Crippen LogP) is 1.39. The smallest absolute Gasteiger partial charge is 0.238 e. The fourth-order valence-electron chi connectivity index (χ4n) is 2.25. The van der Waals surface area contributed by atoms with E-state index in [1.54, 1.807) is 24.4 Å². The number of anilines is 1. The molecule has 0 fully saturated rings. The van der Waals surface area contributed by atoms with Crippen molar-refractivity contribution in [3.05, 3.63) is 54.2 Å². The van der Waals surface area contributed by atoms with E-state index in [1.807, 2.05) is 12.1 Å².